The monoisotopic (exact) mass is 516 g/mol. The Hall–Kier alpha value is -4.78. The van der Waals surface area contributed by atoms with Crippen LogP contribution in [0.1, 0.15) is 53.0 Å². The topological polar surface area (TPSA) is 78.6 Å². The van der Waals surface area contributed by atoms with Crippen molar-refractivity contribution in [3.63, 3.8) is 0 Å². The molecule has 39 heavy (non-hydrogen) atoms. The smallest absolute Gasteiger partial charge is 0.337 e. The molecular formula is C32H28N4O3. The van der Waals surface area contributed by atoms with Crippen LogP contribution in [0.25, 0.3) is 22.2 Å². The Morgan fingerprint density at radius 3 is 2.44 bits per heavy atom. The van der Waals surface area contributed by atoms with E-state index >= 15 is 0 Å². The lowest BCUT2D eigenvalue weighted by Gasteiger charge is -2.21. The van der Waals surface area contributed by atoms with Gasteiger partial charge in [0.1, 0.15) is 12.1 Å². The van der Waals surface area contributed by atoms with E-state index in [0.29, 0.717) is 5.56 Å². The fraction of sp³-hybridized carbons (Fsp3) is 0.188. The predicted octanol–water partition coefficient (Wildman–Crippen LogP) is 6.40. The van der Waals surface area contributed by atoms with Gasteiger partial charge >= 0.3 is 5.97 Å². The van der Waals surface area contributed by atoms with Crippen LogP contribution in [0, 0.1) is 0 Å². The summed E-state index contributed by atoms with van der Waals surface area (Å²) in [5, 5.41) is 4.22. The molecule has 6 rings (SSSR count). The van der Waals surface area contributed by atoms with E-state index in [1.54, 1.807) is 12.1 Å². The number of ether oxygens (including phenoxy) is 1. The summed E-state index contributed by atoms with van der Waals surface area (Å²) in [6, 6.07) is 25.8. The van der Waals surface area contributed by atoms with Crippen LogP contribution >= 0.6 is 0 Å². The summed E-state index contributed by atoms with van der Waals surface area (Å²) in [7, 11) is 1.38. The number of carbonyl (C=O) groups excluding carboxylic acids is 1. The Balaban J connectivity index is 1.58. The van der Waals surface area contributed by atoms with Crippen LogP contribution in [0.5, 0.6) is 0 Å². The van der Waals surface area contributed by atoms with Gasteiger partial charge in [-0.1, -0.05) is 53.7 Å². The largest absolute Gasteiger partial charge is 0.465 e. The van der Waals surface area contributed by atoms with Gasteiger partial charge in [0.05, 0.1) is 41.0 Å². The summed E-state index contributed by atoms with van der Waals surface area (Å²) in [6.45, 7) is 4.02. The van der Waals surface area contributed by atoms with Crippen LogP contribution in [0.3, 0.4) is 0 Å². The van der Waals surface area contributed by atoms with Crippen LogP contribution in [0.15, 0.2) is 103 Å². The fourth-order valence-electron chi connectivity index (χ4n) is 5.42. The molecule has 0 amide bonds. The number of nitrogens with zero attached hydrogens (tertiary/aromatic N) is 4. The number of esters is 1. The molecule has 0 spiro atoms. The molecule has 1 aliphatic heterocycles. The second kappa shape index (κ2) is 10.2. The molecule has 0 saturated carbocycles. The number of aromatic nitrogens is 3. The molecule has 1 aliphatic rings. The van der Waals surface area contributed by atoms with Gasteiger partial charge in [-0.25, -0.2) is 4.79 Å². The van der Waals surface area contributed by atoms with E-state index in [9.17, 15) is 4.79 Å². The van der Waals surface area contributed by atoms with E-state index < -0.39 is 0 Å². The van der Waals surface area contributed by atoms with Crippen molar-refractivity contribution in [2.24, 2.45) is 5.16 Å². The Bertz CT molecular complexity index is 1620. The SMILES string of the molecule is COC(=O)c1ccc(-c2cn([C@H](c3ccccc3)c3ccccn3)c3cc(C4C(C)=NOC4C)cnc23)cc1. The minimum Gasteiger partial charge on any atom is -0.465 e. The predicted molar refractivity (Wildman–Crippen MR) is 151 cm³/mol. The second-order valence-electron chi connectivity index (χ2n) is 9.74. The van der Waals surface area contributed by atoms with Crippen molar-refractivity contribution < 1.29 is 14.4 Å². The van der Waals surface area contributed by atoms with Crippen molar-refractivity contribution in [1.29, 1.82) is 0 Å². The Kier molecular flexibility index (Phi) is 6.40. The highest BCUT2D eigenvalue weighted by Gasteiger charge is 2.31. The molecule has 7 nitrogen and oxygen atoms in total. The molecule has 0 N–H and O–H groups in total. The van der Waals surface area contributed by atoms with E-state index in [4.69, 9.17) is 19.5 Å². The lowest BCUT2D eigenvalue weighted by molar-refractivity contribution is 0.0600. The summed E-state index contributed by atoms with van der Waals surface area (Å²) in [4.78, 5) is 27.4. The van der Waals surface area contributed by atoms with E-state index in [0.717, 1.165) is 44.7 Å². The highest BCUT2D eigenvalue weighted by atomic mass is 16.6. The molecule has 4 heterocycles. The molecule has 2 unspecified atom stereocenters. The molecular weight excluding hydrogens is 488 g/mol. The van der Waals surface area contributed by atoms with Crippen LogP contribution in [-0.2, 0) is 9.57 Å². The highest BCUT2D eigenvalue weighted by Crippen LogP contribution is 2.38. The first kappa shape index (κ1) is 24.6. The number of carbonyl (C=O) groups is 1. The van der Waals surface area contributed by atoms with Gasteiger partial charge in [0, 0.05) is 24.2 Å². The van der Waals surface area contributed by atoms with E-state index in [2.05, 4.69) is 40.2 Å². The van der Waals surface area contributed by atoms with Gasteiger partial charge < -0.3 is 14.1 Å². The van der Waals surface area contributed by atoms with Gasteiger partial charge in [-0.15, -0.1) is 0 Å². The number of hydrogen-bond acceptors (Lipinski definition) is 6. The maximum absolute atomic E-state index is 12.0. The second-order valence-corrected chi connectivity index (χ2v) is 9.74. The molecule has 0 bridgehead atoms. The zero-order valence-electron chi connectivity index (χ0n) is 22.0. The zero-order valence-corrected chi connectivity index (χ0v) is 22.0. The van der Waals surface area contributed by atoms with Crippen molar-refractivity contribution in [1.82, 2.24) is 14.5 Å². The third-order valence-electron chi connectivity index (χ3n) is 7.31. The molecule has 7 heteroatoms. The van der Waals surface area contributed by atoms with E-state index in [1.165, 1.54) is 7.11 Å². The number of hydrogen-bond donors (Lipinski definition) is 0. The Morgan fingerprint density at radius 2 is 1.77 bits per heavy atom. The number of oxime groups is 1. The molecule has 2 aromatic carbocycles. The first-order chi connectivity index (χ1) is 19.0. The maximum atomic E-state index is 12.0. The van der Waals surface area contributed by atoms with Gasteiger partial charge in [0.15, 0.2) is 0 Å². The number of benzene rings is 2. The van der Waals surface area contributed by atoms with Crippen LogP contribution < -0.4 is 0 Å². The van der Waals surface area contributed by atoms with Crippen molar-refractivity contribution in [2.45, 2.75) is 31.9 Å². The molecule has 3 atom stereocenters. The fourth-order valence-corrected chi connectivity index (χ4v) is 5.42. The molecule has 3 aromatic heterocycles. The van der Waals surface area contributed by atoms with Gasteiger partial charge in [0.2, 0.25) is 0 Å². The maximum Gasteiger partial charge on any atom is 0.337 e. The van der Waals surface area contributed by atoms with Gasteiger partial charge in [0.25, 0.3) is 0 Å². The summed E-state index contributed by atoms with van der Waals surface area (Å²) >= 11 is 0. The number of rotatable bonds is 6. The van der Waals surface area contributed by atoms with Crippen LogP contribution in [-0.4, -0.2) is 39.4 Å². The Labute approximate surface area is 226 Å². The summed E-state index contributed by atoms with van der Waals surface area (Å²) in [5.41, 5.74) is 8.28. The number of pyridine rings is 2. The standard InChI is InChI=1S/C32H28N4O3/c1-20-29(21(2)39-35-20)25-17-28-30(34-18-25)26(22-12-14-24(15-13-22)32(37)38-3)19-36(28)31(23-9-5-4-6-10-23)27-11-7-8-16-33-27/h4-19,21,29,31H,1-3H3/t21?,29?,31-/m1/s1. The highest BCUT2D eigenvalue weighted by molar-refractivity contribution is 5.96. The summed E-state index contributed by atoms with van der Waals surface area (Å²) in [5.74, 6) is -0.339. The summed E-state index contributed by atoms with van der Waals surface area (Å²) < 4.78 is 7.13. The van der Waals surface area contributed by atoms with Crippen molar-refractivity contribution >= 4 is 22.7 Å². The van der Waals surface area contributed by atoms with E-state index in [-0.39, 0.29) is 24.0 Å². The first-order valence-corrected chi connectivity index (χ1v) is 12.9. The molecule has 0 saturated heterocycles. The Morgan fingerprint density at radius 1 is 1.00 bits per heavy atom. The van der Waals surface area contributed by atoms with E-state index in [1.807, 2.05) is 68.7 Å². The number of methoxy groups -OCH3 is 1. The average Bonchev–Trinajstić information content (AvgIpc) is 3.52. The quantitative estimate of drug-likeness (QED) is 0.244. The van der Waals surface area contributed by atoms with Crippen LogP contribution in [0.2, 0.25) is 0 Å². The average molecular weight is 517 g/mol. The van der Waals surface area contributed by atoms with Crippen molar-refractivity contribution in [3.05, 3.63) is 120 Å². The van der Waals surface area contributed by atoms with Crippen molar-refractivity contribution in [2.75, 3.05) is 7.11 Å². The minimum absolute atomic E-state index is 0.0260. The molecule has 194 valence electrons. The van der Waals surface area contributed by atoms with Crippen molar-refractivity contribution in [3.8, 4) is 11.1 Å². The normalized spacial score (nSPS) is 17.5. The van der Waals surface area contributed by atoms with Gasteiger partial charge in [-0.3, -0.25) is 9.97 Å². The third-order valence-corrected chi connectivity index (χ3v) is 7.31. The summed E-state index contributed by atoms with van der Waals surface area (Å²) in [6.07, 6.45) is 5.81. The lowest BCUT2D eigenvalue weighted by Crippen LogP contribution is -2.17. The third kappa shape index (κ3) is 4.46. The van der Waals surface area contributed by atoms with Gasteiger partial charge in [-0.2, -0.15) is 0 Å². The lowest BCUT2D eigenvalue weighted by atomic mass is 9.91. The minimum atomic E-state index is -0.365. The van der Waals surface area contributed by atoms with Crippen LogP contribution in [0.4, 0.5) is 0 Å². The first-order valence-electron chi connectivity index (χ1n) is 12.9. The molecule has 0 radical (unpaired) electrons. The molecule has 0 fully saturated rings. The molecule has 0 aliphatic carbocycles. The number of fused-ring (bicyclic) bond motifs is 1. The van der Waals surface area contributed by atoms with Gasteiger partial charge in [-0.05, 0) is 60.9 Å². The molecule has 5 aromatic rings. The zero-order chi connectivity index (χ0) is 26.9.